The molecule has 0 aliphatic rings. The largest absolute Gasteiger partial charge is 0.384 e. The molecule has 116 valence electrons. The lowest BCUT2D eigenvalue weighted by Gasteiger charge is -2.09. The van der Waals surface area contributed by atoms with E-state index in [4.69, 9.17) is 0 Å². The average molecular weight is 362 g/mol. The molecule has 0 spiro atoms. The van der Waals surface area contributed by atoms with Crippen molar-refractivity contribution in [3.63, 3.8) is 0 Å². The molecule has 4 nitrogen and oxygen atoms in total. The lowest BCUT2D eigenvalue weighted by atomic mass is 10.1. The summed E-state index contributed by atoms with van der Waals surface area (Å²) in [4.78, 5) is 16.4. The molecular weight excluding hydrogens is 342 g/mol. The number of pyridine rings is 1. The molecule has 0 aliphatic carbocycles. The molecule has 22 heavy (non-hydrogen) atoms. The summed E-state index contributed by atoms with van der Waals surface area (Å²) in [7, 11) is 0. The second kappa shape index (κ2) is 7.94. The summed E-state index contributed by atoms with van der Waals surface area (Å²) in [6.45, 7) is 5.31. The van der Waals surface area contributed by atoms with Gasteiger partial charge < -0.3 is 10.6 Å². The Hall–Kier alpha value is -1.88. The van der Waals surface area contributed by atoms with Gasteiger partial charge in [0.05, 0.1) is 11.9 Å². The molecule has 1 aromatic heterocycles. The van der Waals surface area contributed by atoms with E-state index in [1.54, 1.807) is 24.4 Å². The Morgan fingerprint density at radius 2 is 2.09 bits per heavy atom. The predicted molar refractivity (Wildman–Crippen MR) is 94.3 cm³/mol. The first-order valence-electron chi connectivity index (χ1n) is 7.31. The van der Waals surface area contributed by atoms with Crippen LogP contribution in [0, 0.1) is 5.92 Å². The molecule has 0 bridgehead atoms. The molecule has 1 heterocycles. The number of carbonyl (C=O) groups is 1. The molecule has 0 atom stereocenters. The van der Waals surface area contributed by atoms with Gasteiger partial charge in [-0.2, -0.15) is 0 Å². The van der Waals surface area contributed by atoms with Crippen molar-refractivity contribution < 1.29 is 4.79 Å². The molecule has 1 aromatic carbocycles. The third-order valence-electron chi connectivity index (χ3n) is 3.14. The molecule has 0 radical (unpaired) electrons. The number of carbonyl (C=O) groups excluding carboxylic acids is 1. The summed E-state index contributed by atoms with van der Waals surface area (Å²) in [6.07, 6.45) is 2.85. The van der Waals surface area contributed by atoms with Gasteiger partial charge in [-0.1, -0.05) is 35.8 Å². The fraction of sp³-hybridized carbons (Fsp3) is 0.294. The summed E-state index contributed by atoms with van der Waals surface area (Å²) in [5, 5.41) is 6.10. The van der Waals surface area contributed by atoms with Crippen LogP contribution >= 0.6 is 15.9 Å². The molecule has 5 heteroatoms. The molecule has 2 rings (SSSR count). The molecule has 0 saturated heterocycles. The van der Waals surface area contributed by atoms with E-state index in [2.05, 4.69) is 45.4 Å². The number of anilines is 2. The van der Waals surface area contributed by atoms with Crippen LogP contribution in [0.5, 0.6) is 0 Å². The Labute approximate surface area is 139 Å². The number of amides is 1. The quantitative estimate of drug-likeness (QED) is 0.792. The van der Waals surface area contributed by atoms with Crippen molar-refractivity contribution in [2.45, 2.75) is 20.3 Å². The van der Waals surface area contributed by atoms with E-state index in [0.29, 0.717) is 17.3 Å². The molecule has 0 unspecified atom stereocenters. The topological polar surface area (TPSA) is 54.0 Å². The lowest BCUT2D eigenvalue weighted by Crippen LogP contribution is -2.13. The van der Waals surface area contributed by atoms with E-state index in [1.807, 2.05) is 18.2 Å². The minimum Gasteiger partial charge on any atom is -0.384 e. The number of hydrogen-bond donors (Lipinski definition) is 2. The first-order chi connectivity index (χ1) is 10.5. The van der Waals surface area contributed by atoms with Crippen LogP contribution in [0.25, 0.3) is 0 Å². The summed E-state index contributed by atoms with van der Waals surface area (Å²) in [5.74, 6) is 1.04. The molecule has 0 fully saturated rings. The third-order valence-corrected chi connectivity index (χ3v) is 3.64. The average Bonchev–Trinajstić information content (AvgIpc) is 2.48. The van der Waals surface area contributed by atoms with Gasteiger partial charge >= 0.3 is 0 Å². The number of aromatic nitrogens is 1. The van der Waals surface area contributed by atoms with E-state index in [9.17, 15) is 4.79 Å². The molecule has 1 amide bonds. The molecular formula is C17H20BrN3O. The van der Waals surface area contributed by atoms with Crippen molar-refractivity contribution in [3.05, 3.63) is 52.6 Å². The van der Waals surface area contributed by atoms with E-state index in [0.717, 1.165) is 23.1 Å². The minimum absolute atomic E-state index is 0.172. The second-order valence-corrected chi connectivity index (χ2v) is 6.42. The first-order valence-corrected chi connectivity index (χ1v) is 8.11. The zero-order valence-electron chi connectivity index (χ0n) is 12.8. The van der Waals surface area contributed by atoms with Crippen molar-refractivity contribution in [1.29, 1.82) is 0 Å². The molecule has 2 aromatic rings. The Morgan fingerprint density at radius 3 is 2.73 bits per heavy atom. The number of rotatable bonds is 6. The van der Waals surface area contributed by atoms with Gasteiger partial charge in [0, 0.05) is 16.6 Å². The van der Waals surface area contributed by atoms with Crippen LogP contribution in [-0.2, 0) is 0 Å². The van der Waals surface area contributed by atoms with Gasteiger partial charge in [0.25, 0.3) is 5.91 Å². The Bertz CT molecular complexity index is 626. The van der Waals surface area contributed by atoms with Crippen LogP contribution in [0.3, 0.4) is 0 Å². The first kappa shape index (κ1) is 16.5. The van der Waals surface area contributed by atoms with Crippen LogP contribution < -0.4 is 10.6 Å². The SMILES string of the molecule is CC(C)CCNc1ccc(NC(=O)c2cccc(Br)c2)nc1. The van der Waals surface area contributed by atoms with Gasteiger partial charge in [-0.15, -0.1) is 0 Å². The number of nitrogens with one attached hydrogen (secondary N) is 2. The maximum absolute atomic E-state index is 12.1. The van der Waals surface area contributed by atoms with Crippen molar-refractivity contribution in [2.24, 2.45) is 5.92 Å². The highest BCUT2D eigenvalue weighted by atomic mass is 79.9. The van der Waals surface area contributed by atoms with Crippen molar-refractivity contribution >= 4 is 33.3 Å². The number of halogens is 1. The van der Waals surface area contributed by atoms with Crippen molar-refractivity contribution in [3.8, 4) is 0 Å². The summed E-state index contributed by atoms with van der Waals surface area (Å²) < 4.78 is 0.873. The predicted octanol–water partition coefficient (Wildman–Crippen LogP) is 4.55. The highest BCUT2D eigenvalue weighted by Crippen LogP contribution is 2.14. The monoisotopic (exact) mass is 361 g/mol. The highest BCUT2D eigenvalue weighted by molar-refractivity contribution is 9.10. The van der Waals surface area contributed by atoms with Crippen LogP contribution in [0.2, 0.25) is 0 Å². The number of nitrogens with zero attached hydrogens (tertiary/aromatic N) is 1. The smallest absolute Gasteiger partial charge is 0.256 e. The molecule has 2 N–H and O–H groups in total. The maximum Gasteiger partial charge on any atom is 0.256 e. The normalized spacial score (nSPS) is 10.5. The van der Waals surface area contributed by atoms with Gasteiger partial charge in [-0.25, -0.2) is 4.98 Å². The lowest BCUT2D eigenvalue weighted by molar-refractivity contribution is 0.102. The third kappa shape index (κ3) is 5.15. The molecule has 0 saturated carbocycles. The summed E-state index contributed by atoms with van der Waals surface area (Å²) in [6, 6.07) is 11.0. The van der Waals surface area contributed by atoms with Gasteiger partial charge in [-0.3, -0.25) is 4.79 Å². The fourth-order valence-electron chi connectivity index (χ4n) is 1.90. The fourth-order valence-corrected chi connectivity index (χ4v) is 2.30. The Balaban J connectivity index is 1.92. The highest BCUT2D eigenvalue weighted by Gasteiger charge is 2.07. The van der Waals surface area contributed by atoms with Crippen LogP contribution in [0.4, 0.5) is 11.5 Å². The zero-order valence-corrected chi connectivity index (χ0v) is 14.4. The maximum atomic E-state index is 12.1. The van der Waals surface area contributed by atoms with Gasteiger partial charge in [0.1, 0.15) is 5.82 Å². The second-order valence-electron chi connectivity index (χ2n) is 5.51. The van der Waals surface area contributed by atoms with E-state index in [1.165, 1.54) is 0 Å². The molecule has 0 aliphatic heterocycles. The summed E-state index contributed by atoms with van der Waals surface area (Å²) in [5.41, 5.74) is 1.55. The van der Waals surface area contributed by atoms with E-state index in [-0.39, 0.29) is 5.91 Å². The van der Waals surface area contributed by atoms with E-state index >= 15 is 0 Å². The van der Waals surface area contributed by atoms with Crippen LogP contribution in [0.15, 0.2) is 47.1 Å². The van der Waals surface area contributed by atoms with Gasteiger partial charge in [0.15, 0.2) is 0 Å². The van der Waals surface area contributed by atoms with Gasteiger partial charge in [-0.05, 0) is 42.7 Å². The Morgan fingerprint density at radius 1 is 1.27 bits per heavy atom. The van der Waals surface area contributed by atoms with Gasteiger partial charge in [0.2, 0.25) is 0 Å². The van der Waals surface area contributed by atoms with Crippen molar-refractivity contribution in [2.75, 3.05) is 17.2 Å². The van der Waals surface area contributed by atoms with E-state index < -0.39 is 0 Å². The minimum atomic E-state index is -0.172. The van der Waals surface area contributed by atoms with Crippen LogP contribution in [0.1, 0.15) is 30.6 Å². The van der Waals surface area contributed by atoms with Crippen LogP contribution in [-0.4, -0.2) is 17.4 Å². The number of hydrogen-bond acceptors (Lipinski definition) is 3. The number of benzene rings is 1. The standard InChI is InChI=1S/C17H20BrN3O/c1-12(2)8-9-19-15-6-7-16(20-11-15)21-17(22)13-4-3-5-14(18)10-13/h3-7,10-12,19H,8-9H2,1-2H3,(H,20,21,22). The zero-order chi connectivity index (χ0) is 15.9. The summed E-state index contributed by atoms with van der Waals surface area (Å²) >= 11 is 3.36. The Kier molecular flexibility index (Phi) is 5.95. The van der Waals surface area contributed by atoms with Crippen molar-refractivity contribution in [1.82, 2.24) is 4.98 Å².